The smallest absolute Gasteiger partial charge is 0.257 e. The van der Waals surface area contributed by atoms with Crippen LogP contribution >= 0.6 is 11.6 Å². The molecule has 3 aromatic rings. The third-order valence-corrected chi connectivity index (χ3v) is 4.85. The van der Waals surface area contributed by atoms with E-state index in [1.807, 2.05) is 30.3 Å². The molecule has 2 aromatic carbocycles. The van der Waals surface area contributed by atoms with E-state index in [9.17, 15) is 4.79 Å². The number of hydrogen-bond acceptors (Lipinski definition) is 5. The topological polar surface area (TPSA) is 63.7 Å². The fourth-order valence-corrected chi connectivity index (χ4v) is 3.17. The van der Waals surface area contributed by atoms with Crippen LogP contribution < -0.4 is 15.0 Å². The van der Waals surface area contributed by atoms with Crippen LogP contribution in [0.1, 0.15) is 10.4 Å². The van der Waals surface area contributed by atoms with Crippen molar-refractivity contribution in [2.75, 3.05) is 36.5 Å². The van der Waals surface area contributed by atoms with Gasteiger partial charge in [0, 0.05) is 19.3 Å². The Morgan fingerprint density at radius 2 is 1.72 bits per heavy atom. The summed E-state index contributed by atoms with van der Waals surface area (Å²) < 4.78 is 11.3. The van der Waals surface area contributed by atoms with Gasteiger partial charge in [0.15, 0.2) is 5.75 Å². The average molecular weight is 410 g/mol. The molecule has 1 aliphatic rings. The number of carbonyl (C=O) groups excluding carboxylic acids is 1. The predicted molar refractivity (Wildman–Crippen MR) is 113 cm³/mol. The number of anilines is 2. The summed E-state index contributed by atoms with van der Waals surface area (Å²) in [6.07, 6.45) is 1.58. The lowest BCUT2D eigenvalue weighted by atomic mass is 10.2. The number of para-hydroxylation sites is 3. The molecule has 1 N–H and O–H groups in total. The number of carbonyl (C=O) groups is 1. The number of aromatic nitrogens is 1. The second-order valence-corrected chi connectivity index (χ2v) is 6.89. The quantitative estimate of drug-likeness (QED) is 0.666. The first kappa shape index (κ1) is 19.2. The van der Waals surface area contributed by atoms with Gasteiger partial charge in [-0.15, -0.1) is 0 Å². The van der Waals surface area contributed by atoms with E-state index in [0.717, 1.165) is 18.9 Å². The fraction of sp³-hybridized carbons (Fsp3) is 0.182. The lowest BCUT2D eigenvalue weighted by Gasteiger charge is -2.27. The van der Waals surface area contributed by atoms with Crippen LogP contribution in [-0.4, -0.2) is 37.2 Å². The highest BCUT2D eigenvalue weighted by molar-refractivity contribution is 6.32. The lowest BCUT2D eigenvalue weighted by Crippen LogP contribution is -2.36. The maximum Gasteiger partial charge on any atom is 0.257 e. The first-order chi connectivity index (χ1) is 14.2. The second kappa shape index (κ2) is 8.94. The summed E-state index contributed by atoms with van der Waals surface area (Å²) in [4.78, 5) is 19.3. The SMILES string of the molecule is O=C(Nc1ccccc1Oc1ccccc1Cl)c1ccc(N2CCOCC2)nc1. The molecule has 0 saturated carbocycles. The normalized spacial score (nSPS) is 13.8. The van der Waals surface area contributed by atoms with Gasteiger partial charge in [0.1, 0.15) is 11.6 Å². The Balaban J connectivity index is 1.48. The number of hydrogen-bond donors (Lipinski definition) is 1. The van der Waals surface area contributed by atoms with Crippen molar-refractivity contribution in [1.29, 1.82) is 0 Å². The van der Waals surface area contributed by atoms with Gasteiger partial charge in [-0.3, -0.25) is 4.79 Å². The minimum Gasteiger partial charge on any atom is -0.454 e. The Hall–Kier alpha value is -3.09. The Kier molecular flexibility index (Phi) is 5.93. The van der Waals surface area contributed by atoms with E-state index in [1.54, 1.807) is 36.5 Å². The van der Waals surface area contributed by atoms with Gasteiger partial charge >= 0.3 is 0 Å². The Morgan fingerprint density at radius 3 is 2.45 bits per heavy atom. The summed E-state index contributed by atoms with van der Waals surface area (Å²) in [5.74, 6) is 1.60. The maximum absolute atomic E-state index is 12.7. The average Bonchev–Trinajstić information content (AvgIpc) is 2.77. The zero-order chi connectivity index (χ0) is 20.1. The minimum absolute atomic E-state index is 0.263. The third-order valence-electron chi connectivity index (χ3n) is 4.54. The number of rotatable bonds is 5. The molecule has 2 heterocycles. The highest BCUT2D eigenvalue weighted by Crippen LogP contribution is 2.33. The molecule has 1 aliphatic heterocycles. The molecule has 148 valence electrons. The van der Waals surface area contributed by atoms with Crippen LogP contribution in [0.3, 0.4) is 0 Å². The van der Waals surface area contributed by atoms with Gasteiger partial charge in [-0.25, -0.2) is 4.98 Å². The van der Waals surface area contributed by atoms with E-state index in [2.05, 4.69) is 15.2 Å². The number of nitrogens with zero attached hydrogens (tertiary/aromatic N) is 2. The van der Waals surface area contributed by atoms with Crippen LogP contribution in [0.2, 0.25) is 5.02 Å². The number of pyridine rings is 1. The van der Waals surface area contributed by atoms with Crippen LogP contribution in [0.25, 0.3) is 0 Å². The molecule has 6 nitrogen and oxygen atoms in total. The van der Waals surface area contributed by atoms with Crippen molar-refractivity contribution in [3.8, 4) is 11.5 Å². The van der Waals surface area contributed by atoms with Crippen LogP contribution in [-0.2, 0) is 4.74 Å². The third kappa shape index (κ3) is 4.67. The molecule has 0 spiro atoms. The van der Waals surface area contributed by atoms with Crippen molar-refractivity contribution >= 4 is 29.0 Å². The standard InChI is InChI=1S/C22H20ClN3O3/c23-17-5-1-3-7-19(17)29-20-8-4-2-6-18(20)25-22(27)16-9-10-21(24-15-16)26-11-13-28-14-12-26/h1-10,15H,11-14H2,(H,25,27). The highest BCUT2D eigenvalue weighted by atomic mass is 35.5. The van der Waals surface area contributed by atoms with Gasteiger partial charge in [0.25, 0.3) is 5.91 Å². The van der Waals surface area contributed by atoms with Gasteiger partial charge in [-0.2, -0.15) is 0 Å². The zero-order valence-electron chi connectivity index (χ0n) is 15.7. The van der Waals surface area contributed by atoms with E-state index >= 15 is 0 Å². The van der Waals surface area contributed by atoms with Gasteiger partial charge < -0.3 is 19.7 Å². The Labute approximate surface area is 174 Å². The van der Waals surface area contributed by atoms with E-state index in [-0.39, 0.29) is 5.91 Å². The summed E-state index contributed by atoms with van der Waals surface area (Å²) in [6, 6.07) is 18.0. The van der Waals surface area contributed by atoms with E-state index < -0.39 is 0 Å². The fourth-order valence-electron chi connectivity index (χ4n) is 3.00. The largest absolute Gasteiger partial charge is 0.454 e. The molecule has 29 heavy (non-hydrogen) atoms. The molecule has 0 unspecified atom stereocenters. The molecule has 1 amide bonds. The summed E-state index contributed by atoms with van der Waals surface area (Å²) in [5, 5.41) is 3.38. The summed E-state index contributed by atoms with van der Waals surface area (Å²) in [6.45, 7) is 2.97. The second-order valence-electron chi connectivity index (χ2n) is 6.49. The van der Waals surface area contributed by atoms with Gasteiger partial charge in [-0.05, 0) is 36.4 Å². The molecule has 0 bridgehead atoms. The number of ether oxygens (including phenoxy) is 2. The zero-order valence-corrected chi connectivity index (χ0v) is 16.4. The molecular weight excluding hydrogens is 390 g/mol. The van der Waals surface area contributed by atoms with Crippen LogP contribution in [0.5, 0.6) is 11.5 Å². The molecule has 4 rings (SSSR count). The monoisotopic (exact) mass is 409 g/mol. The lowest BCUT2D eigenvalue weighted by molar-refractivity contribution is 0.102. The van der Waals surface area contributed by atoms with Gasteiger partial charge in [0.05, 0.1) is 29.5 Å². The van der Waals surface area contributed by atoms with Crippen molar-refractivity contribution in [2.24, 2.45) is 0 Å². The molecule has 7 heteroatoms. The van der Waals surface area contributed by atoms with Crippen molar-refractivity contribution in [3.63, 3.8) is 0 Å². The highest BCUT2D eigenvalue weighted by Gasteiger charge is 2.15. The molecule has 1 aromatic heterocycles. The first-order valence-electron chi connectivity index (χ1n) is 9.32. The molecule has 1 fully saturated rings. The van der Waals surface area contributed by atoms with Crippen molar-refractivity contribution < 1.29 is 14.3 Å². The minimum atomic E-state index is -0.263. The summed E-state index contributed by atoms with van der Waals surface area (Å²) in [7, 11) is 0. The van der Waals surface area contributed by atoms with Crippen LogP contribution in [0.4, 0.5) is 11.5 Å². The Morgan fingerprint density at radius 1 is 1.00 bits per heavy atom. The summed E-state index contributed by atoms with van der Waals surface area (Å²) >= 11 is 6.17. The van der Waals surface area contributed by atoms with E-state index in [1.165, 1.54) is 0 Å². The first-order valence-corrected chi connectivity index (χ1v) is 9.70. The van der Waals surface area contributed by atoms with Crippen LogP contribution in [0.15, 0.2) is 66.9 Å². The molecule has 0 radical (unpaired) electrons. The number of halogens is 1. The number of morpholine rings is 1. The number of benzene rings is 2. The molecule has 0 atom stereocenters. The molecule has 0 aliphatic carbocycles. The van der Waals surface area contributed by atoms with Crippen molar-refractivity contribution in [3.05, 3.63) is 77.4 Å². The van der Waals surface area contributed by atoms with Crippen molar-refractivity contribution in [2.45, 2.75) is 0 Å². The van der Waals surface area contributed by atoms with Crippen LogP contribution in [0, 0.1) is 0 Å². The predicted octanol–water partition coefficient (Wildman–Crippen LogP) is 4.62. The van der Waals surface area contributed by atoms with Gasteiger partial charge in [-0.1, -0.05) is 35.9 Å². The number of nitrogens with one attached hydrogen (secondary N) is 1. The van der Waals surface area contributed by atoms with E-state index in [4.69, 9.17) is 21.1 Å². The van der Waals surface area contributed by atoms with Gasteiger partial charge in [0.2, 0.25) is 0 Å². The molecule has 1 saturated heterocycles. The maximum atomic E-state index is 12.7. The number of amides is 1. The Bertz CT molecular complexity index is 989. The summed E-state index contributed by atoms with van der Waals surface area (Å²) in [5.41, 5.74) is 1.02. The molecular formula is C22H20ClN3O3. The van der Waals surface area contributed by atoms with Crippen molar-refractivity contribution in [1.82, 2.24) is 4.98 Å². The van der Waals surface area contributed by atoms with E-state index in [0.29, 0.717) is 41.0 Å².